The van der Waals surface area contributed by atoms with Crippen molar-refractivity contribution >= 4 is 17.3 Å². The van der Waals surface area contributed by atoms with Crippen LogP contribution < -0.4 is 10.6 Å². The molecule has 2 atom stereocenters. The Labute approximate surface area is 126 Å². The van der Waals surface area contributed by atoms with Crippen molar-refractivity contribution in [3.05, 3.63) is 23.8 Å². The van der Waals surface area contributed by atoms with Crippen LogP contribution >= 0.6 is 0 Å². The summed E-state index contributed by atoms with van der Waals surface area (Å²) in [6, 6.07) is 5.53. The van der Waals surface area contributed by atoms with Crippen molar-refractivity contribution in [2.24, 2.45) is 5.92 Å². The van der Waals surface area contributed by atoms with Crippen molar-refractivity contribution in [2.45, 2.75) is 26.4 Å². The van der Waals surface area contributed by atoms with E-state index in [0.29, 0.717) is 23.8 Å². The van der Waals surface area contributed by atoms with Crippen LogP contribution in [0.25, 0.3) is 0 Å². The predicted octanol–water partition coefficient (Wildman–Crippen LogP) is 2.31. The summed E-state index contributed by atoms with van der Waals surface area (Å²) < 4.78 is 10.6. The van der Waals surface area contributed by atoms with Crippen molar-refractivity contribution in [3.63, 3.8) is 0 Å². The number of benzene rings is 1. The summed E-state index contributed by atoms with van der Waals surface area (Å²) in [4.78, 5) is 14.2. The first-order chi connectivity index (χ1) is 10.1. The molecule has 1 saturated heterocycles. The first kappa shape index (κ1) is 15.6. The molecule has 0 aliphatic carbocycles. The van der Waals surface area contributed by atoms with Crippen LogP contribution in [0.5, 0.6) is 0 Å². The molecule has 0 aromatic heterocycles. The van der Waals surface area contributed by atoms with Crippen LogP contribution in [0.15, 0.2) is 18.2 Å². The number of carbonyl (C=O) groups is 1. The number of nitrogens with two attached hydrogens (primary N) is 1. The molecule has 0 radical (unpaired) electrons. The lowest BCUT2D eigenvalue weighted by Crippen LogP contribution is -2.44. The highest BCUT2D eigenvalue weighted by Gasteiger charge is 2.26. The first-order valence-electron chi connectivity index (χ1n) is 7.41. The second-order valence-electron chi connectivity index (χ2n) is 5.48. The summed E-state index contributed by atoms with van der Waals surface area (Å²) in [6.07, 6.45) is 1.28. The largest absolute Gasteiger partial charge is 0.462 e. The molecule has 0 spiro atoms. The Morgan fingerprint density at radius 1 is 1.48 bits per heavy atom. The van der Waals surface area contributed by atoms with E-state index in [9.17, 15) is 4.79 Å². The van der Waals surface area contributed by atoms with Gasteiger partial charge < -0.3 is 20.1 Å². The van der Waals surface area contributed by atoms with Crippen LogP contribution in [0.3, 0.4) is 0 Å². The molecule has 1 fully saturated rings. The molecule has 0 saturated carbocycles. The summed E-state index contributed by atoms with van der Waals surface area (Å²) >= 11 is 0. The van der Waals surface area contributed by atoms with Gasteiger partial charge in [0, 0.05) is 31.6 Å². The SMILES string of the molecule is CCOC(=O)c1cc(N2CCC(C)C(OC)C2)ccc1N. The van der Waals surface area contributed by atoms with Crippen LogP contribution in [-0.4, -0.2) is 38.9 Å². The zero-order valence-electron chi connectivity index (χ0n) is 13.0. The number of rotatable bonds is 4. The predicted molar refractivity (Wildman–Crippen MR) is 83.6 cm³/mol. The number of anilines is 2. The Bertz CT molecular complexity index is 504. The van der Waals surface area contributed by atoms with E-state index in [-0.39, 0.29) is 12.1 Å². The number of nitrogen functional groups attached to an aromatic ring is 1. The Morgan fingerprint density at radius 2 is 2.24 bits per heavy atom. The van der Waals surface area contributed by atoms with E-state index < -0.39 is 0 Å². The maximum Gasteiger partial charge on any atom is 0.340 e. The van der Waals surface area contributed by atoms with Crippen molar-refractivity contribution in [1.82, 2.24) is 0 Å². The van der Waals surface area contributed by atoms with Gasteiger partial charge in [-0.3, -0.25) is 0 Å². The molecule has 5 heteroatoms. The molecule has 2 rings (SSSR count). The summed E-state index contributed by atoms with van der Waals surface area (Å²) in [7, 11) is 1.75. The third-order valence-electron chi connectivity index (χ3n) is 4.09. The zero-order valence-corrected chi connectivity index (χ0v) is 13.0. The highest BCUT2D eigenvalue weighted by molar-refractivity contribution is 5.96. The molecule has 1 aromatic rings. The summed E-state index contributed by atoms with van der Waals surface area (Å²) in [6.45, 7) is 6.11. The van der Waals surface area contributed by atoms with E-state index in [0.717, 1.165) is 25.2 Å². The van der Waals surface area contributed by atoms with Crippen molar-refractivity contribution in [2.75, 3.05) is 37.4 Å². The third-order valence-corrected chi connectivity index (χ3v) is 4.09. The maximum atomic E-state index is 11.9. The van der Waals surface area contributed by atoms with E-state index in [4.69, 9.17) is 15.2 Å². The minimum absolute atomic E-state index is 0.211. The summed E-state index contributed by atoms with van der Waals surface area (Å²) in [5.41, 5.74) is 7.75. The lowest BCUT2D eigenvalue weighted by molar-refractivity contribution is 0.0498. The van der Waals surface area contributed by atoms with Crippen molar-refractivity contribution < 1.29 is 14.3 Å². The third kappa shape index (κ3) is 3.47. The molecule has 1 aromatic carbocycles. The van der Waals surface area contributed by atoms with E-state index >= 15 is 0 Å². The highest BCUT2D eigenvalue weighted by Crippen LogP contribution is 2.27. The van der Waals surface area contributed by atoms with Gasteiger partial charge in [0.25, 0.3) is 0 Å². The Balaban J connectivity index is 2.20. The molecule has 0 amide bonds. The average Bonchev–Trinajstić information content (AvgIpc) is 2.48. The van der Waals surface area contributed by atoms with E-state index in [1.807, 2.05) is 12.1 Å². The smallest absolute Gasteiger partial charge is 0.340 e. The number of methoxy groups -OCH3 is 1. The number of esters is 1. The number of ether oxygens (including phenoxy) is 2. The quantitative estimate of drug-likeness (QED) is 0.681. The normalized spacial score (nSPS) is 22.1. The molecule has 1 aliphatic rings. The summed E-state index contributed by atoms with van der Waals surface area (Å²) in [5, 5.41) is 0. The Morgan fingerprint density at radius 3 is 2.90 bits per heavy atom. The van der Waals surface area contributed by atoms with E-state index in [1.54, 1.807) is 20.1 Å². The van der Waals surface area contributed by atoms with Gasteiger partial charge in [0.15, 0.2) is 0 Å². The molecule has 1 aliphatic heterocycles. The zero-order chi connectivity index (χ0) is 15.4. The Kier molecular flexibility index (Phi) is 5.07. The van der Waals surface area contributed by atoms with Gasteiger partial charge in [-0.05, 0) is 37.5 Å². The molecule has 2 unspecified atom stereocenters. The molecule has 1 heterocycles. The number of piperidine rings is 1. The average molecular weight is 292 g/mol. The Hall–Kier alpha value is -1.75. The molecular formula is C16H24N2O3. The molecule has 5 nitrogen and oxygen atoms in total. The molecule has 21 heavy (non-hydrogen) atoms. The number of carbonyl (C=O) groups excluding carboxylic acids is 1. The molecular weight excluding hydrogens is 268 g/mol. The number of hydrogen-bond donors (Lipinski definition) is 1. The van der Waals surface area contributed by atoms with Gasteiger partial charge in [0.1, 0.15) is 0 Å². The highest BCUT2D eigenvalue weighted by atomic mass is 16.5. The van der Waals surface area contributed by atoms with Crippen LogP contribution in [0.1, 0.15) is 30.6 Å². The monoisotopic (exact) mass is 292 g/mol. The molecule has 0 bridgehead atoms. The minimum atomic E-state index is -0.370. The molecule has 116 valence electrons. The number of hydrogen-bond acceptors (Lipinski definition) is 5. The number of nitrogens with zero attached hydrogens (tertiary/aromatic N) is 1. The van der Waals surface area contributed by atoms with Crippen LogP contribution in [0, 0.1) is 5.92 Å². The van der Waals surface area contributed by atoms with Crippen LogP contribution in [0.2, 0.25) is 0 Å². The fraction of sp³-hybridized carbons (Fsp3) is 0.562. The maximum absolute atomic E-state index is 11.9. The van der Waals surface area contributed by atoms with Gasteiger partial charge in [-0.25, -0.2) is 4.79 Å². The summed E-state index contributed by atoms with van der Waals surface area (Å²) in [5.74, 6) is 0.176. The van der Waals surface area contributed by atoms with Gasteiger partial charge in [-0.15, -0.1) is 0 Å². The lowest BCUT2D eigenvalue weighted by atomic mass is 9.95. The van der Waals surface area contributed by atoms with Gasteiger partial charge in [0.05, 0.1) is 18.3 Å². The molecule has 2 N–H and O–H groups in total. The second kappa shape index (κ2) is 6.80. The van der Waals surface area contributed by atoms with Gasteiger partial charge in [-0.2, -0.15) is 0 Å². The topological polar surface area (TPSA) is 64.8 Å². The standard InChI is InChI=1S/C16H24N2O3/c1-4-21-16(19)13-9-12(5-6-14(13)17)18-8-7-11(2)15(10-18)20-3/h5-6,9,11,15H,4,7-8,10,17H2,1-3H3. The minimum Gasteiger partial charge on any atom is -0.462 e. The van der Waals surface area contributed by atoms with Crippen LogP contribution in [-0.2, 0) is 9.47 Å². The second-order valence-corrected chi connectivity index (χ2v) is 5.48. The van der Waals surface area contributed by atoms with Gasteiger partial charge in [-0.1, -0.05) is 6.92 Å². The van der Waals surface area contributed by atoms with E-state index in [2.05, 4.69) is 11.8 Å². The van der Waals surface area contributed by atoms with E-state index in [1.165, 1.54) is 0 Å². The van der Waals surface area contributed by atoms with Crippen LogP contribution in [0.4, 0.5) is 11.4 Å². The fourth-order valence-corrected chi connectivity index (χ4v) is 2.70. The first-order valence-corrected chi connectivity index (χ1v) is 7.41. The van der Waals surface area contributed by atoms with Crippen molar-refractivity contribution in [1.29, 1.82) is 0 Å². The lowest BCUT2D eigenvalue weighted by Gasteiger charge is -2.37. The van der Waals surface area contributed by atoms with Crippen molar-refractivity contribution in [3.8, 4) is 0 Å². The van der Waals surface area contributed by atoms with Gasteiger partial charge in [0.2, 0.25) is 0 Å². The van der Waals surface area contributed by atoms with Gasteiger partial charge >= 0.3 is 5.97 Å². The fourth-order valence-electron chi connectivity index (χ4n) is 2.70.